The van der Waals surface area contributed by atoms with Crippen molar-refractivity contribution in [3.05, 3.63) is 75.8 Å². The van der Waals surface area contributed by atoms with Gasteiger partial charge in [0.1, 0.15) is 4.34 Å². The molecule has 0 spiro atoms. The number of hydrogen-bond acceptors (Lipinski definition) is 5. The van der Waals surface area contributed by atoms with Gasteiger partial charge in [-0.3, -0.25) is 9.59 Å². The predicted molar refractivity (Wildman–Crippen MR) is 124 cm³/mol. The molecule has 2 amide bonds. The van der Waals surface area contributed by atoms with Crippen molar-refractivity contribution in [3.8, 4) is 0 Å². The smallest absolute Gasteiger partial charge is 0.254 e. The minimum absolute atomic E-state index is 0.00634. The van der Waals surface area contributed by atoms with Gasteiger partial charge in [0.15, 0.2) is 0 Å². The highest BCUT2D eigenvalue weighted by molar-refractivity contribution is 8.00. The molecular formula is C23H25N3O2S2. The van der Waals surface area contributed by atoms with Gasteiger partial charge in [0, 0.05) is 35.1 Å². The lowest BCUT2D eigenvalue weighted by molar-refractivity contribution is -0.116. The van der Waals surface area contributed by atoms with Gasteiger partial charge in [-0.1, -0.05) is 42.1 Å². The SMILES string of the molecule is Cc1csc(SCc2ccc(C(=O)N(C)CC(=O)Nc3c(C)cccc3C)cc2)n1. The first kappa shape index (κ1) is 22.1. The zero-order valence-electron chi connectivity index (χ0n) is 17.6. The van der Waals surface area contributed by atoms with Crippen LogP contribution in [0.1, 0.15) is 32.7 Å². The number of anilines is 1. The third-order valence-corrected chi connectivity index (χ3v) is 6.84. The summed E-state index contributed by atoms with van der Waals surface area (Å²) in [4.78, 5) is 31.0. The molecule has 0 saturated heterocycles. The Hall–Kier alpha value is -2.64. The average molecular weight is 440 g/mol. The average Bonchev–Trinajstić information content (AvgIpc) is 3.14. The Labute approximate surface area is 185 Å². The summed E-state index contributed by atoms with van der Waals surface area (Å²) in [5, 5.41) is 4.96. The normalized spacial score (nSPS) is 10.7. The lowest BCUT2D eigenvalue weighted by Crippen LogP contribution is -2.35. The number of rotatable bonds is 7. The van der Waals surface area contributed by atoms with Crippen LogP contribution in [-0.2, 0) is 10.5 Å². The van der Waals surface area contributed by atoms with Gasteiger partial charge in [-0.15, -0.1) is 11.3 Å². The minimum atomic E-state index is -0.213. The Morgan fingerprint density at radius 3 is 2.33 bits per heavy atom. The van der Waals surface area contributed by atoms with Gasteiger partial charge in [-0.2, -0.15) is 0 Å². The Morgan fingerprint density at radius 1 is 1.07 bits per heavy atom. The fourth-order valence-corrected chi connectivity index (χ4v) is 4.79. The molecule has 3 rings (SSSR count). The molecule has 0 aliphatic carbocycles. The van der Waals surface area contributed by atoms with Crippen LogP contribution >= 0.6 is 23.1 Å². The van der Waals surface area contributed by atoms with Crippen molar-refractivity contribution in [2.24, 2.45) is 0 Å². The molecular weight excluding hydrogens is 414 g/mol. The van der Waals surface area contributed by atoms with Crippen molar-refractivity contribution in [1.82, 2.24) is 9.88 Å². The van der Waals surface area contributed by atoms with E-state index < -0.39 is 0 Å². The first-order chi connectivity index (χ1) is 14.3. The standard InChI is InChI=1S/C23H25N3O2S2/c1-15-6-5-7-16(2)21(15)25-20(27)12-26(4)22(28)19-10-8-18(9-11-19)14-30-23-24-17(3)13-29-23/h5-11,13H,12,14H2,1-4H3,(H,25,27). The molecule has 0 aliphatic heterocycles. The highest BCUT2D eigenvalue weighted by Crippen LogP contribution is 2.26. The summed E-state index contributed by atoms with van der Waals surface area (Å²) < 4.78 is 1.04. The Morgan fingerprint density at radius 2 is 1.73 bits per heavy atom. The number of thiazole rings is 1. The van der Waals surface area contributed by atoms with Crippen molar-refractivity contribution in [2.45, 2.75) is 30.9 Å². The monoisotopic (exact) mass is 439 g/mol. The van der Waals surface area contributed by atoms with Crippen LogP contribution in [0.2, 0.25) is 0 Å². The number of likely N-dealkylation sites (N-methyl/N-ethyl adjacent to an activating group) is 1. The second-order valence-electron chi connectivity index (χ2n) is 7.22. The zero-order valence-corrected chi connectivity index (χ0v) is 19.2. The number of thioether (sulfide) groups is 1. The Kier molecular flexibility index (Phi) is 7.29. The van der Waals surface area contributed by atoms with E-state index in [0.717, 1.165) is 38.2 Å². The van der Waals surface area contributed by atoms with Crippen LogP contribution in [0.4, 0.5) is 5.69 Å². The molecule has 2 aromatic carbocycles. The van der Waals surface area contributed by atoms with Gasteiger partial charge < -0.3 is 10.2 Å². The van der Waals surface area contributed by atoms with Crippen LogP contribution in [0.15, 0.2) is 52.2 Å². The van der Waals surface area contributed by atoms with Gasteiger partial charge in [0.2, 0.25) is 5.91 Å². The number of nitrogens with one attached hydrogen (secondary N) is 1. The summed E-state index contributed by atoms with van der Waals surface area (Å²) in [7, 11) is 1.64. The molecule has 3 aromatic rings. The molecule has 0 fully saturated rings. The van der Waals surface area contributed by atoms with Crippen LogP contribution in [0.5, 0.6) is 0 Å². The van der Waals surface area contributed by atoms with E-state index in [9.17, 15) is 9.59 Å². The van der Waals surface area contributed by atoms with Gasteiger partial charge >= 0.3 is 0 Å². The van der Waals surface area contributed by atoms with E-state index in [1.165, 1.54) is 4.90 Å². The maximum atomic E-state index is 12.7. The van der Waals surface area contributed by atoms with E-state index in [-0.39, 0.29) is 18.4 Å². The number of hydrogen-bond donors (Lipinski definition) is 1. The number of aryl methyl sites for hydroxylation is 3. The molecule has 0 unspecified atom stereocenters. The number of nitrogens with zero attached hydrogens (tertiary/aromatic N) is 2. The number of para-hydroxylation sites is 1. The molecule has 0 radical (unpaired) electrons. The van der Waals surface area contributed by atoms with Gasteiger partial charge in [-0.25, -0.2) is 4.98 Å². The number of aromatic nitrogens is 1. The lowest BCUT2D eigenvalue weighted by Gasteiger charge is -2.18. The third kappa shape index (κ3) is 5.70. The van der Waals surface area contributed by atoms with Gasteiger partial charge in [0.05, 0.1) is 6.54 Å². The van der Waals surface area contributed by atoms with Crippen molar-refractivity contribution in [2.75, 3.05) is 18.9 Å². The minimum Gasteiger partial charge on any atom is -0.332 e. The lowest BCUT2D eigenvalue weighted by atomic mass is 10.1. The van der Waals surface area contributed by atoms with E-state index in [1.807, 2.05) is 68.6 Å². The summed E-state index contributed by atoms with van der Waals surface area (Å²) in [5.41, 5.74) is 5.53. The summed E-state index contributed by atoms with van der Waals surface area (Å²) in [5.74, 6) is 0.409. The summed E-state index contributed by atoms with van der Waals surface area (Å²) >= 11 is 3.33. The van der Waals surface area contributed by atoms with Crippen LogP contribution in [0, 0.1) is 20.8 Å². The van der Waals surface area contributed by atoms with E-state index in [1.54, 1.807) is 30.1 Å². The molecule has 0 saturated carbocycles. The first-order valence-electron chi connectivity index (χ1n) is 9.59. The van der Waals surface area contributed by atoms with Crippen molar-refractivity contribution in [3.63, 3.8) is 0 Å². The van der Waals surface area contributed by atoms with Crippen molar-refractivity contribution >= 4 is 40.6 Å². The molecule has 0 aliphatic rings. The maximum Gasteiger partial charge on any atom is 0.254 e. The molecule has 7 heteroatoms. The number of amides is 2. The van der Waals surface area contributed by atoms with Gasteiger partial charge in [0.25, 0.3) is 5.91 Å². The largest absolute Gasteiger partial charge is 0.332 e. The molecule has 1 N–H and O–H groups in total. The fourth-order valence-electron chi connectivity index (χ4n) is 2.99. The third-order valence-electron chi connectivity index (χ3n) is 4.63. The van der Waals surface area contributed by atoms with E-state index in [0.29, 0.717) is 5.56 Å². The van der Waals surface area contributed by atoms with Crippen LogP contribution in [-0.4, -0.2) is 35.3 Å². The molecule has 156 valence electrons. The number of carbonyl (C=O) groups is 2. The summed E-state index contributed by atoms with van der Waals surface area (Å²) in [6.45, 7) is 5.88. The Balaban J connectivity index is 1.55. The highest BCUT2D eigenvalue weighted by Gasteiger charge is 2.16. The topological polar surface area (TPSA) is 62.3 Å². The van der Waals surface area contributed by atoms with E-state index in [4.69, 9.17) is 0 Å². The van der Waals surface area contributed by atoms with Crippen LogP contribution in [0.25, 0.3) is 0 Å². The molecule has 30 heavy (non-hydrogen) atoms. The molecule has 1 aromatic heterocycles. The molecule has 5 nitrogen and oxygen atoms in total. The second-order valence-corrected chi connectivity index (χ2v) is 9.30. The quantitative estimate of drug-likeness (QED) is 0.522. The second kappa shape index (κ2) is 9.91. The van der Waals surface area contributed by atoms with E-state index in [2.05, 4.69) is 10.3 Å². The molecule has 0 atom stereocenters. The first-order valence-corrected chi connectivity index (χ1v) is 11.5. The predicted octanol–water partition coefficient (Wildman–Crippen LogP) is 5.07. The van der Waals surface area contributed by atoms with Crippen LogP contribution in [0.3, 0.4) is 0 Å². The van der Waals surface area contributed by atoms with E-state index >= 15 is 0 Å². The molecule has 1 heterocycles. The highest BCUT2D eigenvalue weighted by atomic mass is 32.2. The van der Waals surface area contributed by atoms with Crippen molar-refractivity contribution in [1.29, 1.82) is 0 Å². The summed E-state index contributed by atoms with van der Waals surface area (Å²) in [6, 6.07) is 13.4. The maximum absolute atomic E-state index is 12.7. The van der Waals surface area contributed by atoms with Crippen molar-refractivity contribution < 1.29 is 9.59 Å². The number of carbonyl (C=O) groups excluding carboxylic acids is 2. The number of benzene rings is 2. The Bertz CT molecular complexity index is 1020. The van der Waals surface area contributed by atoms with Crippen LogP contribution < -0.4 is 5.32 Å². The summed E-state index contributed by atoms with van der Waals surface area (Å²) in [6.07, 6.45) is 0. The molecule has 0 bridgehead atoms. The zero-order chi connectivity index (χ0) is 21.7. The fraction of sp³-hybridized carbons (Fsp3) is 0.261. The van der Waals surface area contributed by atoms with Gasteiger partial charge in [-0.05, 0) is 49.6 Å².